The Morgan fingerprint density at radius 2 is 1.38 bits per heavy atom. The van der Waals surface area contributed by atoms with Gasteiger partial charge in [0.25, 0.3) is 0 Å². The van der Waals surface area contributed by atoms with Gasteiger partial charge in [0.1, 0.15) is 0 Å². The predicted molar refractivity (Wildman–Crippen MR) is 86.3 cm³/mol. The molecule has 0 fully saturated rings. The second kappa shape index (κ2) is 4.71. The van der Waals surface area contributed by atoms with Gasteiger partial charge in [-0.15, -0.1) is 0 Å². The molecule has 3 aromatic rings. The largest absolute Gasteiger partial charge is 0.294 e. The highest BCUT2D eigenvalue weighted by atomic mass is 16.1. The summed E-state index contributed by atoms with van der Waals surface area (Å²) in [6.45, 7) is 0. The minimum absolute atomic E-state index is 0.156. The molecule has 0 saturated carbocycles. The Kier molecular flexibility index (Phi) is 2.71. The second-order valence-corrected chi connectivity index (χ2v) is 5.41. The van der Waals surface area contributed by atoms with Crippen LogP contribution in [0.25, 0.3) is 16.8 Å². The summed E-state index contributed by atoms with van der Waals surface area (Å²) in [6, 6.07) is 22.6. The highest BCUT2D eigenvalue weighted by molar-refractivity contribution is 6.05. The molecular weight excluding hydrogens is 256 g/mol. The van der Waals surface area contributed by atoms with Crippen molar-refractivity contribution in [3.8, 4) is 0 Å². The van der Waals surface area contributed by atoms with E-state index in [-0.39, 0.29) is 11.7 Å². The Balaban J connectivity index is 1.97. The SMILES string of the molecule is O=C1C=Cc2cc3ccccc3cc2C1c1ccccc1. The molecule has 0 spiro atoms. The van der Waals surface area contributed by atoms with Crippen molar-refractivity contribution in [2.75, 3.05) is 0 Å². The van der Waals surface area contributed by atoms with E-state index in [0.717, 1.165) is 16.7 Å². The zero-order valence-electron chi connectivity index (χ0n) is 11.5. The van der Waals surface area contributed by atoms with Crippen LogP contribution in [0, 0.1) is 0 Å². The molecule has 1 unspecified atom stereocenters. The van der Waals surface area contributed by atoms with Crippen molar-refractivity contribution in [3.63, 3.8) is 0 Å². The highest BCUT2D eigenvalue weighted by Gasteiger charge is 2.26. The molecule has 1 heteroatoms. The summed E-state index contributed by atoms with van der Waals surface area (Å²) < 4.78 is 0. The number of allylic oxidation sites excluding steroid dienone is 1. The third kappa shape index (κ3) is 1.98. The Morgan fingerprint density at radius 1 is 0.714 bits per heavy atom. The monoisotopic (exact) mass is 270 g/mol. The molecule has 1 atom stereocenters. The topological polar surface area (TPSA) is 17.1 Å². The third-order valence-corrected chi connectivity index (χ3v) is 4.11. The summed E-state index contributed by atoms with van der Waals surface area (Å²) in [5.41, 5.74) is 3.30. The molecule has 0 radical (unpaired) electrons. The van der Waals surface area contributed by atoms with Crippen LogP contribution in [0.4, 0.5) is 0 Å². The fourth-order valence-electron chi connectivity index (χ4n) is 3.08. The molecule has 0 aliphatic heterocycles. The van der Waals surface area contributed by atoms with Gasteiger partial charge >= 0.3 is 0 Å². The van der Waals surface area contributed by atoms with E-state index in [1.807, 2.05) is 48.5 Å². The van der Waals surface area contributed by atoms with Crippen molar-refractivity contribution in [1.29, 1.82) is 0 Å². The fourth-order valence-corrected chi connectivity index (χ4v) is 3.08. The lowest BCUT2D eigenvalue weighted by atomic mass is 9.80. The van der Waals surface area contributed by atoms with Crippen LogP contribution in [0.2, 0.25) is 0 Å². The Morgan fingerprint density at radius 3 is 2.14 bits per heavy atom. The molecule has 0 bridgehead atoms. The van der Waals surface area contributed by atoms with Gasteiger partial charge in [0.15, 0.2) is 5.78 Å². The van der Waals surface area contributed by atoms with Crippen LogP contribution in [0.15, 0.2) is 72.8 Å². The highest BCUT2D eigenvalue weighted by Crippen LogP contribution is 2.35. The molecule has 0 aromatic heterocycles. The van der Waals surface area contributed by atoms with E-state index in [1.165, 1.54) is 10.8 Å². The summed E-state index contributed by atoms with van der Waals surface area (Å²) in [6.07, 6.45) is 3.64. The first-order valence-corrected chi connectivity index (χ1v) is 7.12. The summed E-state index contributed by atoms with van der Waals surface area (Å²) >= 11 is 0. The van der Waals surface area contributed by atoms with Crippen LogP contribution in [-0.4, -0.2) is 5.78 Å². The minimum Gasteiger partial charge on any atom is -0.294 e. The molecule has 1 aliphatic rings. The first-order chi connectivity index (χ1) is 10.3. The maximum atomic E-state index is 12.4. The lowest BCUT2D eigenvalue weighted by molar-refractivity contribution is -0.115. The zero-order valence-corrected chi connectivity index (χ0v) is 11.5. The van der Waals surface area contributed by atoms with E-state index in [1.54, 1.807) is 6.08 Å². The first-order valence-electron chi connectivity index (χ1n) is 7.12. The third-order valence-electron chi connectivity index (χ3n) is 4.11. The Hall–Kier alpha value is -2.67. The van der Waals surface area contributed by atoms with Gasteiger partial charge in [0, 0.05) is 0 Å². The van der Waals surface area contributed by atoms with E-state index in [4.69, 9.17) is 0 Å². The van der Waals surface area contributed by atoms with Gasteiger partial charge in [0.05, 0.1) is 5.92 Å². The Bertz CT molecular complexity index is 859. The predicted octanol–water partition coefficient (Wildman–Crippen LogP) is 4.57. The maximum absolute atomic E-state index is 12.4. The number of benzene rings is 3. The van der Waals surface area contributed by atoms with Gasteiger partial charge in [-0.2, -0.15) is 0 Å². The molecule has 21 heavy (non-hydrogen) atoms. The van der Waals surface area contributed by atoms with Gasteiger partial charge < -0.3 is 0 Å². The molecular formula is C20H14O. The average Bonchev–Trinajstić information content (AvgIpc) is 2.54. The first kappa shape index (κ1) is 12.1. The number of fused-ring (bicyclic) bond motifs is 2. The van der Waals surface area contributed by atoms with Gasteiger partial charge in [0.2, 0.25) is 0 Å². The van der Waals surface area contributed by atoms with E-state index in [2.05, 4.69) is 24.3 Å². The van der Waals surface area contributed by atoms with Crippen LogP contribution >= 0.6 is 0 Å². The number of carbonyl (C=O) groups excluding carboxylic acids is 1. The number of hydrogen-bond acceptors (Lipinski definition) is 1. The molecule has 1 aliphatic carbocycles. The van der Waals surface area contributed by atoms with Crippen molar-refractivity contribution >= 4 is 22.6 Å². The van der Waals surface area contributed by atoms with Crippen LogP contribution in [0.1, 0.15) is 22.6 Å². The average molecular weight is 270 g/mol. The molecule has 0 amide bonds. The van der Waals surface area contributed by atoms with Crippen molar-refractivity contribution in [1.82, 2.24) is 0 Å². The number of rotatable bonds is 1. The second-order valence-electron chi connectivity index (χ2n) is 5.41. The Labute approximate surface area is 123 Å². The molecule has 0 saturated heterocycles. The van der Waals surface area contributed by atoms with Crippen LogP contribution in [-0.2, 0) is 4.79 Å². The van der Waals surface area contributed by atoms with Crippen LogP contribution in [0.5, 0.6) is 0 Å². The van der Waals surface area contributed by atoms with Gasteiger partial charge in [-0.25, -0.2) is 0 Å². The van der Waals surface area contributed by atoms with Crippen molar-refractivity contribution in [3.05, 3.63) is 89.5 Å². The molecule has 0 N–H and O–H groups in total. The van der Waals surface area contributed by atoms with E-state index < -0.39 is 0 Å². The van der Waals surface area contributed by atoms with Gasteiger partial charge in [-0.3, -0.25) is 4.79 Å². The van der Waals surface area contributed by atoms with Crippen molar-refractivity contribution < 1.29 is 4.79 Å². The normalized spacial score (nSPS) is 17.0. The van der Waals surface area contributed by atoms with Crippen molar-refractivity contribution in [2.45, 2.75) is 5.92 Å². The maximum Gasteiger partial charge on any atom is 0.167 e. The summed E-state index contributed by atoms with van der Waals surface area (Å²) in [4.78, 5) is 12.4. The van der Waals surface area contributed by atoms with E-state index >= 15 is 0 Å². The number of carbonyl (C=O) groups is 1. The fraction of sp³-hybridized carbons (Fsp3) is 0.0500. The standard InChI is InChI=1S/C20H14O/c21-19-11-10-17-12-15-8-4-5-9-16(15)13-18(17)20(19)14-6-2-1-3-7-14/h1-13,20H. The molecule has 1 nitrogen and oxygen atoms in total. The lowest BCUT2D eigenvalue weighted by Gasteiger charge is -2.22. The quantitative estimate of drug-likeness (QED) is 0.633. The summed E-state index contributed by atoms with van der Waals surface area (Å²) in [5.74, 6) is -0.0280. The van der Waals surface area contributed by atoms with Crippen LogP contribution in [0.3, 0.4) is 0 Å². The zero-order chi connectivity index (χ0) is 14.2. The summed E-state index contributed by atoms with van der Waals surface area (Å²) in [5, 5.41) is 2.39. The number of ketones is 1. The smallest absolute Gasteiger partial charge is 0.167 e. The van der Waals surface area contributed by atoms with Crippen LogP contribution < -0.4 is 0 Å². The van der Waals surface area contributed by atoms with Gasteiger partial charge in [-0.1, -0.05) is 60.7 Å². The minimum atomic E-state index is -0.184. The van der Waals surface area contributed by atoms with Gasteiger partial charge in [-0.05, 0) is 45.7 Å². The lowest BCUT2D eigenvalue weighted by Crippen LogP contribution is -2.16. The molecule has 4 rings (SSSR count). The van der Waals surface area contributed by atoms with E-state index in [0.29, 0.717) is 0 Å². The molecule has 0 heterocycles. The molecule has 3 aromatic carbocycles. The molecule has 100 valence electrons. The van der Waals surface area contributed by atoms with E-state index in [9.17, 15) is 4.79 Å². The van der Waals surface area contributed by atoms with Crippen molar-refractivity contribution in [2.24, 2.45) is 0 Å². The summed E-state index contributed by atoms with van der Waals surface area (Å²) in [7, 11) is 0. The number of hydrogen-bond donors (Lipinski definition) is 0.